The van der Waals surface area contributed by atoms with Gasteiger partial charge in [-0.25, -0.2) is 0 Å². The highest BCUT2D eigenvalue weighted by Crippen LogP contribution is 2.11. The van der Waals surface area contributed by atoms with Crippen LogP contribution in [0.2, 0.25) is 0 Å². The molecule has 7 heteroatoms. The van der Waals surface area contributed by atoms with Crippen LogP contribution in [0.3, 0.4) is 0 Å². The highest BCUT2D eigenvalue weighted by Gasteiger charge is 2.05. The summed E-state index contributed by atoms with van der Waals surface area (Å²) in [7, 11) is 1.81. The minimum Gasteiger partial charge on any atom is -0.346 e. The van der Waals surface area contributed by atoms with Crippen molar-refractivity contribution < 1.29 is 0 Å². The summed E-state index contributed by atoms with van der Waals surface area (Å²) < 4.78 is 1.66. The van der Waals surface area contributed by atoms with Crippen LogP contribution in [0.1, 0.15) is 0 Å². The summed E-state index contributed by atoms with van der Waals surface area (Å²) in [6, 6.07) is 1.69. The summed E-state index contributed by atoms with van der Waals surface area (Å²) in [5.41, 5.74) is 1.14. The van der Waals surface area contributed by atoms with Gasteiger partial charge in [-0.2, -0.15) is 10.1 Å². The molecule has 0 amide bonds. The molecule has 86 valence electrons. The van der Waals surface area contributed by atoms with E-state index >= 15 is 0 Å². The monoisotopic (exact) mass is 230 g/mol. The van der Waals surface area contributed by atoms with Gasteiger partial charge in [-0.05, 0) is 6.07 Å². The number of aromatic nitrogens is 5. The van der Waals surface area contributed by atoms with Gasteiger partial charge in [0.1, 0.15) is 5.65 Å². The van der Waals surface area contributed by atoms with Crippen LogP contribution in [-0.2, 0) is 7.05 Å². The topological polar surface area (TPSA) is 91.4 Å². The van der Waals surface area contributed by atoms with Crippen molar-refractivity contribution in [2.24, 2.45) is 7.05 Å². The third-order valence-corrected chi connectivity index (χ3v) is 2.39. The van der Waals surface area contributed by atoms with E-state index in [0.29, 0.717) is 17.0 Å². The fourth-order valence-electron chi connectivity index (χ4n) is 1.63. The van der Waals surface area contributed by atoms with Crippen molar-refractivity contribution in [3.8, 4) is 0 Å². The van der Waals surface area contributed by atoms with Gasteiger partial charge >= 0.3 is 0 Å². The van der Waals surface area contributed by atoms with Gasteiger partial charge in [-0.15, -0.1) is 0 Å². The highest BCUT2D eigenvalue weighted by molar-refractivity contribution is 5.75. The zero-order chi connectivity index (χ0) is 11.8. The minimum atomic E-state index is -0.178. The van der Waals surface area contributed by atoms with Gasteiger partial charge < -0.3 is 10.3 Å². The van der Waals surface area contributed by atoms with E-state index in [1.165, 1.54) is 0 Å². The van der Waals surface area contributed by atoms with Gasteiger partial charge in [0.2, 0.25) is 5.95 Å². The lowest BCUT2D eigenvalue weighted by molar-refractivity contribution is 0.768. The predicted molar refractivity (Wildman–Crippen MR) is 63.2 cm³/mol. The molecular weight excluding hydrogens is 220 g/mol. The van der Waals surface area contributed by atoms with Gasteiger partial charge in [-0.3, -0.25) is 14.5 Å². The number of nitrogens with zero attached hydrogens (tertiary/aromatic N) is 3. The van der Waals surface area contributed by atoms with E-state index in [2.05, 4.69) is 25.4 Å². The Morgan fingerprint density at radius 2 is 2.35 bits per heavy atom. The molecule has 3 rings (SSSR count). The van der Waals surface area contributed by atoms with E-state index in [4.69, 9.17) is 0 Å². The molecule has 0 spiro atoms. The molecule has 0 fully saturated rings. The molecule has 0 aliphatic heterocycles. The lowest BCUT2D eigenvalue weighted by Crippen LogP contribution is -2.10. The molecular formula is C10H10N6O. The van der Waals surface area contributed by atoms with Crippen LogP contribution < -0.4 is 10.9 Å². The molecule has 3 heterocycles. The summed E-state index contributed by atoms with van der Waals surface area (Å²) in [6.45, 7) is 0. The van der Waals surface area contributed by atoms with Gasteiger partial charge in [-0.1, -0.05) is 0 Å². The fourth-order valence-corrected chi connectivity index (χ4v) is 1.63. The standard InChI is InChI=1S/C10H10N6O/c1-16-5-6(4-12-16)13-10-14-8-7(2-3-11-8)9(17)15-10/h2-5H,1H3,(H3,11,13,14,15,17). The maximum Gasteiger partial charge on any atom is 0.261 e. The largest absolute Gasteiger partial charge is 0.346 e. The van der Waals surface area contributed by atoms with Crippen LogP contribution in [0.4, 0.5) is 11.6 Å². The second kappa shape index (κ2) is 3.48. The molecule has 17 heavy (non-hydrogen) atoms. The second-order valence-electron chi connectivity index (χ2n) is 3.68. The third-order valence-electron chi connectivity index (χ3n) is 2.39. The quantitative estimate of drug-likeness (QED) is 0.605. The van der Waals surface area contributed by atoms with Crippen molar-refractivity contribution >= 4 is 22.7 Å². The van der Waals surface area contributed by atoms with Gasteiger partial charge in [0.05, 0.1) is 17.3 Å². The Morgan fingerprint density at radius 1 is 1.47 bits per heavy atom. The number of H-pyrrole nitrogens is 2. The summed E-state index contributed by atoms with van der Waals surface area (Å²) in [5.74, 6) is 0.387. The summed E-state index contributed by atoms with van der Waals surface area (Å²) >= 11 is 0. The predicted octanol–water partition coefficient (Wildman–Crippen LogP) is 0.728. The maximum atomic E-state index is 11.7. The van der Waals surface area contributed by atoms with Crippen molar-refractivity contribution in [3.63, 3.8) is 0 Å². The van der Waals surface area contributed by atoms with Crippen molar-refractivity contribution in [3.05, 3.63) is 35.0 Å². The smallest absolute Gasteiger partial charge is 0.261 e. The van der Waals surface area contributed by atoms with E-state index in [1.807, 2.05) is 7.05 Å². The number of hydrogen-bond acceptors (Lipinski definition) is 4. The Hall–Kier alpha value is -2.57. The van der Waals surface area contributed by atoms with Crippen LogP contribution in [0.25, 0.3) is 11.0 Å². The Labute approximate surface area is 95.5 Å². The third kappa shape index (κ3) is 1.67. The molecule has 0 saturated heterocycles. The SMILES string of the molecule is Cn1cc(Nc2nc3[nH]ccc3c(=O)[nH]2)cn1. The molecule has 0 atom stereocenters. The Bertz CT molecular complexity index is 722. The van der Waals surface area contributed by atoms with Crippen LogP contribution in [-0.4, -0.2) is 24.7 Å². The first-order valence-electron chi connectivity index (χ1n) is 5.05. The summed E-state index contributed by atoms with van der Waals surface area (Å²) in [6.07, 6.45) is 5.12. The average Bonchev–Trinajstić information content (AvgIpc) is 2.87. The minimum absolute atomic E-state index is 0.178. The second-order valence-corrected chi connectivity index (χ2v) is 3.68. The molecule has 0 saturated carbocycles. The average molecular weight is 230 g/mol. The van der Waals surface area contributed by atoms with Crippen LogP contribution >= 0.6 is 0 Å². The molecule has 0 unspecified atom stereocenters. The number of anilines is 2. The molecule has 3 N–H and O–H groups in total. The molecule has 7 nitrogen and oxygen atoms in total. The fraction of sp³-hybridized carbons (Fsp3) is 0.100. The van der Waals surface area contributed by atoms with Crippen molar-refractivity contribution in [1.82, 2.24) is 24.7 Å². The first-order chi connectivity index (χ1) is 8.22. The number of rotatable bonds is 2. The van der Waals surface area contributed by atoms with Crippen molar-refractivity contribution in [2.45, 2.75) is 0 Å². The maximum absolute atomic E-state index is 11.7. The molecule has 0 bridgehead atoms. The van der Waals surface area contributed by atoms with E-state index in [0.717, 1.165) is 5.69 Å². The number of fused-ring (bicyclic) bond motifs is 1. The molecule has 0 aliphatic carbocycles. The zero-order valence-corrected chi connectivity index (χ0v) is 9.06. The Balaban J connectivity index is 2.03. The van der Waals surface area contributed by atoms with Gasteiger partial charge in [0.25, 0.3) is 5.56 Å². The van der Waals surface area contributed by atoms with E-state index in [9.17, 15) is 4.79 Å². The van der Waals surface area contributed by atoms with Crippen molar-refractivity contribution in [2.75, 3.05) is 5.32 Å². The van der Waals surface area contributed by atoms with E-state index in [-0.39, 0.29) is 5.56 Å². The van der Waals surface area contributed by atoms with Gasteiger partial charge in [0.15, 0.2) is 0 Å². The van der Waals surface area contributed by atoms with Crippen LogP contribution in [0.5, 0.6) is 0 Å². The zero-order valence-electron chi connectivity index (χ0n) is 9.06. The summed E-state index contributed by atoms with van der Waals surface area (Å²) in [4.78, 5) is 21.5. The lowest BCUT2D eigenvalue weighted by atomic mass is 10.4. The van der Waals surface area contributed by atoms with E-state index in [1.54, 1.807) is 29.3 Å². The van der Waals surface area contributed by atoms with Gasteiger partial charge in [0, 0.05) is 19.4 Å². The number of nitrogens with one attached hydrogen (secondary N) is 3. The molecule has 3 aromatic heterocycles. The molecule has 3 aromatic rings. The Morgan fingerprint density at radius 3 is 3.12 bits per heavy atom. The first-order valence-corrected chi connectivity index (χ1v) is 5.05. The number of hydrogen-bond donors (Lipinski definition) is 3. The van der Waals surface area contributed by atoms with Crippen molar-refractivity contribution in [1.29, 1.82) is 0 Å². The van der Waals surface area contributed by atoms with Crippen LogP contribution in [0, 0.1) is 0 Å². The molecule has 0 aromatic carbocycles. The normalized spacial score (nSPS) is 10.9. The molecule has 0 aliphatic rings. The van der Waals surface area contributed by atoms with Crippen LogP contribution in [0.15, 0.2) is 29.5 Å². The Kier molecular flexibility index (Phi) is 1.97. The number of aromatic amines is 2. The summed E-state index contributed by atoms with van der Waals surface area (Å²) in [5, 5.41) is 7.53. The number of aryl methyl sites for hydroxylation is 1. The molecule has 0 radical (unpaired) electrons. The first kappa shape index (κ1) is 9.64. The lowest BCUT2D eigenvalue weighted by Gasteiger charge is -2.01. The highest BCUT2D eigenvalue weighted by atomic mass is 16.1. The van der Waals surface area contributed by atoms with E-state index < -0.39 is 0 Å².